The molecule has 0 aromatic heterocycles. The third kappa shape index (κ3) is 7.10. The van der Waals surface area contributed by atoms with Gasteiger partial charge < -0.3 is 4.90 Å². The molecule has 2 aromatic carbocycles. The average molecular weight is 456 g/mol. The van der Waals surface area contributed by atoms with Crippen LogP contribution < -0.4 is 4.90 Å². The number of sulfone groups is 1. The van der Waals surface area contributed by atoms with Crippen molar-refractivity contribution < 1.29 is 8.42 Å². The molecule has 176 valence electrons. The van der Waals surface area contributed by atoms with Gasteiger partial charge in [-0.1, -0.05) is 55.7 Å². The van der Waals surface area contributed by atoms with E-state index < -0.39 is 14.6 Å². The van der Waals surface area contributed by atoms with E-state index in [0.29, 0.717) is 5.75 Å². The number of anilines is 1. The molecule has 1 aliphatic heterocycles. The predicted octanol–water partition coefficient (Wildman–Crippen LogP) is 7.05. The molecule has 0 radical (unpaired) electrons. The molecule has 2 aromatic rings. The van der Waals surface area contributed by atoms with Crippen LogP contribution in [0.5, 0.6) is 0 Å². The van der Waals surface area contributed by atoms with Crippen molar-refractivity contribution in [2.75, 3.05) is 23.7 Å². The van der Waals surface area contributed by atoms with Gasteiger partial charge in [0, 0.05) is 18.8 Å². The molecule has 0 atom stereocenters. The van der Waals surface area contributed by atoms with E-state index in [2.05, 4.69) is 53.4 Å². The smallest absolute Gasteiger partial charge is 0.155 e. The van der Waals surface area contributed by atoms with Gasteiger partial charge in [0.1, 0.15) is 0 Å². The van der Waals surface area contributed by atoms with Crippen molar-refractivity contribution in [3.8, 4) is 11.1 Å². The minimum absolute atomic E-state index is 0.316. The molecule has 0 saturated carbocycles. The fraction of sp³-hybridized carbons (Fsp3) is 0.571. The Morgan fingerprint density at radius 2 is 1.25 bits per heavy atom. The highest BCUT2D eigenvalue weighted by molar-refractivity contribution is 7.92. The van der Waals surface area contributed by atoms with Crippen LogP contribution in [0.1, 0.15) is 77.7 Å². The van der Waals surface area contributed by atoms with Crippen molar-refractivity contribution in [1.29, 1.82) is 0 Å². The van der Waals surface area contributed by atoms with Gasteiger partial charge in [-0.25, -0.2) is 8.42 Å². The van der Waals surface area contributed by atoms with Crippen LogP contribution in [0.25, 0.3) is 11.1 Å². The first-order chi connectivity index (χ1) is 15.3. The number of nitrogens with zero attached hydrogens (tertiary/aromatic N) is 1. The van der Waals surface area contributed by atoms with E-state index in [9.17, 15) is 8.42 Å². The van der Waals surface area contributed by atoms with Crippen LogP contribution in [-0.2, 0) is 16.3 Å². The molecular weight excluding hydrogens is 414 g/mol. The lowest BCUT2D eigenvalue weighted by Crippen LogP contribution is -2.30. The summed E-state index contributed by atoms with van der Waals surface area (Å²) in [4.78, 5) is 2.50. The normalized spacial score (nSPS) is 15.2. The highest BCUT2D eigenvalue weighted by Gasteiger charge is 2.27. The summed E-state index contributed by atoms with van der Waals surface area (Å²) >= 11 is 0. The zero-order valence-electron chi connectivity index (χ0n) is 20.3. The highest BCUT2D eigenvalue weighted by Crippen LogP contribution is 2.26. The van der Waals surface area contributed by atoms with Crippen LogP contribution in [0.2, 0.25) is 0 Å². The molecule has 0 unspecified atom stereocenters. The van der Waals surface area contributed by atoms with Crippen LogP contribution in [0.3, 0.4) is 0 Å². The number of unbranched alkanes of at least 4 members (excludes halogenated alkanes) is 4. The predicted molar refractivity (Wildman–Crippen MR) is 138 cm³/mol. The fourth-order valence-corrected chi connectivity index (χ4v) is 5.53. The number of rotatable bonds is 10. The van der Waals surface area contributed by atoms with E-state index in [0.717, 1.165) is 38.5 Å². The summed E-state index contributed by atoms with van der Waals surface area (Å²) in [6.45, 7) is 7.74. The molecule has 0 amide bonds. The summed E-state index contributed by atoms with van der Waals surface area (Å²) < 4.78 is 23.7. The molecule has 0 bridgehead atoms. The van der Waals surface area contributed by atoms with Gasteiger partial charge in [0.05, 0.1) is 10.5 Å². The third-order valence-corrected chi connectivity index (χ3v) is 9.38. The number of hydrogen-bond acceptors (Lipinski definition) is 3. The second kappa shape index (κ2) is 11.4. The maximum Gasteiger partial charge on any atom is 0.155 e. The van der Waals surface area contributed by atoms with E-state index in [4.69, 9.17) is 0 Å². The van der Waals surface area contributed by atoms with Crippen molar-refractivity contribution in [2.24, 2.45) is 0 Å². The average Bonchev–Trinajstić information content (AvgIpc) is 2.79. The summed E-state index contributed by atoms with van der Waals surface area (Å²) in [6, 6.07) is 18.0. The topological polar surface area (TPSA) is 37.4 Å². The minimum Gasteiger partial charge on any atom is -0.372 e. The first-order valence-electron chi connectivity index (χ1n) is 12.4. The van der Waals surface area contributed by atoms with Crippen molar-refractivity contribution in [3.05, 3.63) is 54.1 Å². The summed E-state index contributed by atoms with van der Waals surface area (Å²) in [6.07, 6.45) is 10.3. The second-order valence-corrected chi connectivity index (χ2v) is 13.1. The molecule has 1 saturated heterocycles. The van der Waals surface area contributed by atoms with Crippen LogP contribution in [0.4, 0.5) is 5.69 Å². The monoisotopic (exact) mass is 455 g/mol. The Morgan fingerprint density at radius 3 is 1.84 bits per heavy atom. The fourth-order valence-electron chi connectivity index (χ4n) is 4.34. The van der Waals surface area contributed by atoms with Crippen molar-refractivity contribution in [3.63, 3.8) is 0 Å². The third-order valence-electron chi connectivity index (χ3n) is 6.69. The second-order valence-electron chi connectivity index (χ2n) is 10.2. The van der Waals surface area contributed by atoms with Gasteiger partial charge in [-0.15, -0.1) is 0 Å². The van der Waals surface area contributed by atoms with E-state index in [1.807, 2.05) is 0 Å². The lowest BCUT2D eigenvalue weighted by atomic mass is 10.0. The summed E-state index contributed by atoms with van der Waals surface area (Å²) in [5.74, 6) is 0.316. The Labute approximate surface area is 196 Å². The van der Waals surface area contributed by atoms with E-state index >= 15 is 0 Å². The van der Waals surface area contributed by atoms with Gasteiger partial charge in [-0.05, 0) is 88.1 Å². The van der Waals surface area contributed by atoms with Crippen molar-refractivity contribution in [2.45, 2.75) is 83.3 Å². The number of benzene rings is 2. The Hall–Kier alpha value is -1.81. The zero-order chi connectivity index (χ0) is 23.0. The number of piperidine rings is 1. The van der Waals surface area contributed by atoms with E-state index in [1.54, 1.807) is 20.8 Å². The van der Waals surface area contributed by atoms with Crippen LogP contribution in [-0.4, -0.2) is 32.0 Å². The maximum absolute atomic E-state index is 12.1. The standard InChI is InChI=1S/C28H41NO2S/c1-28(2,3)32(30,31)23-11-6-4-5-8-12-24-13-15-25(16-14-24)26-17-19-27(20-18-26)29-21-9-7-10-22-29/h13-20H,4-12,21-23H2,1-3H3. The van der Waals surface area contributed by atoms with Gasteiger partial charge in [-0.3, -0.25) is 0 Å². The molecule has 1 heterocycles. The molecule has 0 aliphatic carbocycles. The first-order valence-corrected chi connectivity index (χ1v) is 14.1. The van der Waals surface area contributed by atoms with Crippen molar-refractivity contribution >= 4 is 15.5 Å². The molecule has 1 fully saturated rings. The summed E-state index contributed by atoms with van der Waals surface area (Å²) in [7, 11) is -2.97. The Kier molecular flexibility index (Phi) is 8.81. The number of aryl methyl sites for hydroxylation is 1. The van der Waals surface area contributed by atoms with E-state index in [-0.39, 0.29) is 0 Å². The largest absolute Gasteiger partial charge is 0.372 e. The van der Waals surface area contributed by atoms with Gasteiger partial charge in [0.25, 0.3) is 0 Å². The maximum atomic E-state index is 12.1. The minimum atomic E-state index is -2.97. The molecule has 1 aliphatic rings. The van der Waals surface area contributed by atoms with Crippen LogP contribution >= 0.6 is 0 Å². The first kappa shape index (κ1) is 24.8. The van der Waals surface area contributed by atoms with Gasteiger partial charge in [0.2, 0.25) is 0 Å². The Balaban J connectivity index is 1.38. The SMILES string of the molecule is CC(C)(C)S(=O)(=O)CCCCCCCc1ccc(-c2ccc(N3CCCCC3)cc2)cc1. The van der Waals surface area contributed by atoms with Gasteiger partial charge in [0.15, 0.2) is 9.84 Å². The Morgan fingerprint density at radius 1 is 0.719 bits per heavy atom. The van der Waals surface area contributed by atoms with Crippen LogP contribution in [0.15, 0.2) is 48.5 Å². The number of hydrogen-bond donors (Lipinski definition) is 0. The Bertz CT molecular complexity index is 919. The van der Waals surface area contributed by atoms with Gasteiger partial charge >= 0.3 is 0 Å². The molecule has 3 rings (SSSR count). The lowest BCUT2D eigenvalue weighted by molar-refractivity contribution is 0.552. The van der Waals surface area contributed by atoms with E-state index in [1.165, 1.54) is 54.7 Å². The molecule has 32 heavy (non-hydrogen) atoms. The summed E-state index contributed by atoms with van der Waals surface area (Å²) in [5, 5.41) is 0. The van der Waals surface area contributed by atoms with Crippen LogP contribution in [0, 0.1) is 0 Å². The van der Waals surface area contributed by atoms with Gasteiger partial charge in [-0.2, -0.15) is 0 Å². The summed E-state index contributed by atoms with van der Waals surface area (Å²) in [5.41, 5.74) is 5.29. The highest BCUT2D eigenvalue weighted by atomic mass is 32.2. The lowest BCUT2D eigenvalue weighted by Gasteiger charge is -2.28. The molecule has 0 N–H and O–H groups in total. The molecular formula is C28H41NO2S. The molecule has 3 nitrogen and oxygen atoms in total. The quantitative estimate of drug-likeness (QED) is 0.360. The zero-order valence-corrected chi connectivity index (χ0v) is 21.1. The molecule has 4 heteroatoms. The molecule has 0 spiro atoms. The van der Waals surface area contributed by atoms with Crippen molar-refractivity contribution in [1.82, 2.24) is 0 Å².